The zero-order chi connectivity index (χ0) is 14.9. The molecule has 20 heavy (non-hydrogen) atoms. The molecule has 0 unspecified atom stereocenters. The van der Waals surface area contributed by atoms with E-state index in [1.807, 2.05) is 13.0 Å². The summed E-state index contributed by atoms with van der Waals surface area (Å²) < 4.78 is 29.7. The van der Waals surface area contributed by atoms with Gasteiger partial charge in [0.25, 0.3) is 0 Å². The van der Waals surface area contributed by atoms with Crippen LogP contribution in [0.2, 0.25) is 0 Å². The second-order valence-corrected chi connectivity index (χ2v) is 6.63. The number of nitrogens with zero attached hydrogens (tertiary/aromatic N) is 5. The van der Waals surface area contributed by atoms with Crippen molar-refractivity contribution in [1.29, 1.82) is 0 Å². The van der Waals surface area contributed by atoms with Gasteiger partial charge in [-0.3, -0.25) is 9.36 Å². The fourth-order valence-corrected chi connectivity index (χ4v) is 3.32. The Balaban J connectivity index is 2.28. The molecule has 0 saturated heterocycles. The molecular formula is C12H19N5O2S. The number of rotatable bonds is 5. The first-order chi connectivity index (χ1) is 9.37. The van der Waals surface area contributed by atoms with Crippen LogP contribution >= 0.6 is 0 Å². The van der Waals surface area contributed by atoms with Crippen LogP contribution in [0.25, 0.3) is 0 Å². The monoisotopic (exact) mass is 297 g/mol. The first-order valence-electron chi connectivity index (χ1n) is 6.33. The zero-order valence-electron chi connectivity index (χ0n) is 12.1. The topological polar surface area (TPSA) is 73.0 Å². The molecule has 7 nitrogen and oxygen atoms in total. The van der Waals surface area contributed by atoms with Crippen LogP contribution in [0.5, 0.6) is 0 Å². The minimum Gasteiger partial charge on any atom is -0.272 e. The van der Waals surface area contributed by atoms with Crippen molar-refractivity contribution in [2.45, 2.75) is 31.8 Å². The zero-order valence-corrected chi connectivity index (χ0v) is 12.9. The smallest absolute Gasteiger partial charge is 0.246 e. The highest BCUT2D eigenvalue weighted by Gasteiger charge is 2.25. The van der Waals surface area contributed by atoms with Gasteiger partial charge < -0.3 is 0 Å². The van der Waals surface area contributed by atoms with E-state index in [0.717, 1.165) is 5.69 Å². The fraction of sp³-hybridized carbons (Fsp3) is 0.500. The van der Waals surface area contributed by atoms with Crippen LogP contribution in [0.3, 0.4) is 0 Å². The van der Waals surface area contributed by atoms with Gasteiger partial charge in [-0.05, 0) is 19.9 Å². The molecule has 0 amide bonds. The minimum atomic E-state index is -3.54. The van der Waals surface area contributed by atoms with Gasteiger partial charge in [0.2, 0.25) is 10.0 Å². The van der Waals surface area contributed by atoms with Crippen molar-refractivity contribution in [3.05, 3.63) is 29.8 Å². The molecule has 2 aromatic heterocycles. The van der Waals surface area contributed by atoms with Crippen LogP contribution in [-0.4, -0.2) is 39.3 Å². The van der Waals surface area contributed by atoms with Crippen LogP contribution in [0.4, 0.5) is 0 Å². The molecule has 0 aliphatic heterocycles. The van der Waals surface area contributed by atoms with Gasteiger partial charge in [-0.15, -0.1) is 0 Å². The van der Waals surface area contributed by atoms with Gasteiger partial charge in [-0.25, -0.2) is 8.42 Å². The Morgan fingerprint density at radius 1 is 1.35 bits per heavy atom. The average Bonchev–Trinajstić information content (AvgIpc) is 2.97. The number of hydrogen-bond donors (Lipinski definition) is 0. The Hall–Kier alpha value is -1.67. The summed E-state index contributed by atoms with van der Waals surface area (Å²) in [6, 6.07) is 1.83. The first-order valence-corrected chi connectivity index (χ1v) is 7.77. The molecule has 0 atom stereocenters. The molecule has 8 heteroatoms. The standard InChI is InChI=1S/C12H19N5O2S/c1-5-17-11(6-7-13-17)9-15(3)20(18,19)12-8-14-16(4)10(12)2/h6-8H,5,9H2,1-4H3. The van der Waals surface area contributed by atoms with E-state index < -0.39 is 10.0 Å². The lowest BCUT2D eigenvalue weighted by atomic mass is 10.4. The van der Waals surface area contributed by atoms with Crippen molar-refractivity contribution in [2.75, 3.05) is 7.05 Å². The molecule has 0 aliphatic rings. The molecule has 110 valence electrons. The third kappa shape index (κ3) is 2.48. The van der Waals surface area contributed by atoms with Gasteiger partial charge in [-0.2, -0.15) is 14.5 Å². The molecule has 0 fully saturated rings. The Kier molecular flexibility index (Phi) is 3.96. The Morgan fingerprint density at radius 2 is 2.05 bits per heavy atom. The van der Waals surface area contributed by atoms with Gasteiger partial charge in [-0.1, -0.05) is 0 Å². The predicted octanol–water partition coefficient (Wildman–Crippen LogP) is 0.766. The number of aryl methyl sites for hydroxylation is 2. The summed E-state index contributed by atoms with van der Waals surface area (Å²) in [6.45, 7) is 4.70. The molecule has 0 radical (unpaired) electrons. The van der Waals surface area contributed by atoms with E-state index in [1.54, 1.807) is 36.6 Å². The first kappa shape index (κ1) is 14.7. The maximum absolute atomic E-state index is 12.5. The van der Waals surface area contributed by atoms with E-state index in [2.05, 4.69) is 10.2 Å². The Labute approximate surface area is 118 Å². The number of aromatic nitrogens is 4. The SMILES string of the molecule is CCn1nccc1CN(C)S(=O)(=O)c1cnn(C)c1C. The number of hydrogen-bond acceptors (Lipinski definition) is 4. The average molecular weight is 297 g/mol. The van der Waals surface area contributed by atoms with Crippen molar-refractivity contribution in [1.82, 2.24) is 23.9 Å². The summed E-state index contributed by atoms with van der Waals surface area (Å²) in [5.41, 5.74) is 1.49. The summed E-state index contributed by atoms with van der Waals surface area (Å²) in [4.78, 5) is 0.241. The molecule has 0 aromatic carbocycles. The third-order valence-electron chi connectivity index (χ3n) is 3.37. The predicted molar refractivity (Wildman–Crippen MR) is 74.5 cm³/mol. The van der Waals surface area contributed by atoms with E-state index in [-0.39, 0.29) is 11.4 Å². The van der Waals surface area contributed by atoms with Crippen molar-refractivity contribution in [3.63, 3.8) is 0 Å². The molecule has 0 spiro atoms. The molecule has 2 rings (SSSR count). The van der Waals surface area contributed by atoms with E-state index in [1.165, 1.54) is 10.5 Å². The van der Waals surface area contributed by atoms with Crippen molar-refractivity contribution >= 4 is 10.0 Å². The van der Waals surface area contributed by atoms with E-state index in [4.69, 9.17) is 0 Å². The fourth-order valence-electron chi connectivity index (χ4n) is 1.99. The summed E-state index contributed by atoms with van der Waals surface area (Å²) in [6.07, 6.45) is 3.06. The molecule has 2 heterocycles. The van der Waals surface area contributed by atoms with Gasteiger partial charge >= 0.3 is 0 Å². The molecular weight excluding hydrogens is 278 g/mol. The Bertz CT molecular complexity index is 701. The van der Waals surface area contributed by atoms with Crippen LogP contribution in [0.15, 0.2) is 23.4 Å². The quantitative estimate of drug-likeness (QED) is 0.817. The lowest BCUT2D eigenvalue weighted by Gasteiger charge is -2.17. The van der Waals surface area contributed by atoms with Crippen LogP contribution in [0, 0.1) is 6.92 Å². The maximum Gasteiger partial charge on any atom is 0.246 e. The van der Waals surface area contributed by atoms with Crippen LogP contribution < -0.4 is 0 Å². The largest absolute Gasteiger partial charge is 0.272 e. The van der Waals surface area contributed by atoms with E-state index >= 15 is 0 Å². The lowest BCUT2D eigenvalue weighted by molar-refractivity contribution is 0.446. The maximum atomic E-state index is 12.5. The number of sulfonamides is 1. The van der Waals surface area contributed by atoms with Crippen LogP contribution in [0.1, 0.15) is 18.3 Å². The molecule has 0 bridgehead atoms. The van der Waals surface area contributed by atoms with E-state index in [9.17, 15) is 8.42 Å². The minimum absolute atomic E-state index is 0.241. The van der Waals surface area contributed by atoms with E-state index in [0.29, 0.717) is 12.2 Å². The van der Waals surface area contributed by atoms with Gasteiger partial charge in [0.05, 0.1) is 24.1 Å². The summed E-state index contributed by atoms with van der Waals surface area (Å²) in [5.74, 6) is 0. The summed E-state index contributed by atoms with van der Waals surface area (Å²) in [7, 11) is -0.254. The highest BCUT2D eigenvalue weighted by atomic mass is 32.2. The second-order valence-electron chi connectivity index (χ2n) is 4.62. The summed E-state index contributed by atoms with van der Waals surface area (Å²) in [5, 5.41) is 8.13. The van der Waals surface area contributed by atoms with Gasteiger partial charge in [0.1, 0.15) is 4.90 Å². The molecule has 0 saturated carbocycles. The van der Waals surface area contributed by atoms with Crippen molar-refractivity contribution in [3.8, 4) is 0 Å². The van der Waals surface area contributed by atoms with Crippen LogP contribution in [-0.2, 0) is 30.2 Å². The third-order valence-corrected chi connectivity index (χ3v) is 5.27. The lowest BCUT2D eigenvalue weighted by Crippen LogP contribution is -2.28. The highest BCUT2D eigenvalue weighted by Crippen LogP contribution is 2.19. The molecule has 0 N–H and O–H groups in total. The van der Waals surface area contributed by atoms with Crippen molar-refractivity contribution < 1.29 is 8.42 Å². The molecule has 0 aliphatic carbocycles. The second kappa shape index (κ2) is 5.37. The van der Waals surface area contributed by atoms with Crippen molar-refractivity contribution in [2.24, 2.45) is 7.05 Å². The molecule has 2 aromatic rings. The highest BCUT2D eigenvalue weighted by molar-refractivity contribution is 7.89. The summed E-state index contributed by atoms with van der Waals surface area (Å²) >= 11 is 0. The Morgan fingerprint density at radius 3 is 2.60 bits per heavy atom. The van der Waals surface area contributed by atoms with Gasteiger partial charge in [0.15, 0.2) is 0 Å². The van der Waals surface area contributed by atoms with Gasteiger partial charge in [0, 0.05) is 26.8 Å². The normalized spacial score (nSPS) is 12.2.